The van der Waals surface area contributed by atoms with Crippen LogP contribution in [0.5, 0.6) is 0 Å². The van der Waals surface area contributed by atoms with Crippen LogP contribution < -0.4 is 0 Å². The van der Waals surface area contributed by atoms with E-state index in [0.29, 0.717) is 0 Å². The van der Waals surface area contributed by atoms with Crippen molar-refractivity contribution in [3.8, 4) is 0 Å². The number of hydrogen-bond acceptors (Lipinski definition) is 3. The molecule has 0 N–H and O–H groups in total. The summed E-state index contributed by atoms with van der Waals surface area (Å²) in [6.07, 6.45) is 10.5. The second-order valence-corrected chi connectivity index (χ2v) is 10.1. The summed E-state index contributed by atoms with van der Waals surface area (Å²) < 4.78 is 0. The van der Waals surface area contributed by atoms with Crippen LogP contribution in [0.15, 0.2) is 27.0 Å². The summed E-state index contributed by atoms with van der Waals surface area (Å²) >= 11 is 0. The second-order valence-electron chi connectivity index (χ2n) is 10.1. The van der Waals surface area contributed by atoms with Crippen LogP contribution >= 0.6 is 0 Å². The van der Waals surface area contributed by atoms with Gasteiger partial charge in [0.2, 0.25) is 0 Å². The third-order valence-electron chi connectivity index (χ3n) is 6.21. The molecular weight excluding hydrogens is 294 g/mol. The fourth-order valence-corrected chi connectivity index (χ4v) is 3.61. The highest BCUT2D eigenvalue weighted by atomic mass is 15.2. The Hall–Kier alpha value is -1.25. The summed E-state index contributed by atoms with van der Waals surface area (Å²) in [5.41, 5.74) is 3.13. The highest BCUT2D eigenvalue weighted by molar-refractivity contribution is 5.94. The topological polar surface area (TPSA) is 37.1 Å². The van der Waals surface area contributed by atoms with Crippen molar-refractivity contribution in [3.05, 3.63) is 11.8 Å². The van der Waals surface area contributed by atoms with Gasteiger partial charge in [-0.1, -0.05) is 54.0 Å². The van der Waals surface area contributed by atoms with E-state index in [1.807, 2.05) is 12.4 Å². The van der Waals surface area contributed by atoms with Crippen LogP contribution in [-0.2, 0) is 0 Å². The zero-order valence-electron chi connectivity index (χ0n) is 16.9. The van der Waals surface area contributed by atoms with Gasteiger partial charge < -0.3 is 0 Å². The summed E-state index contributed by atoms with van der Waals surface area (Å²) in [7, 11) is 0. The van der Waals surface area contributed by atoms with E-state index in [-0.39, 0.29) is 21.7 Å². The van der Waals surface area contributed by atoms with Crippen molar-refractivity contribution >= 4 is 18.1 Å². The molecule has 3 nitrogen and oxygen atoms in total. The minimum atomic E-state index is 0.0827. The van der Waals surface area contributed by atoms with Crippen LogP contribution in [-0.4, -0.2) is 18.1 Å². The molecule has 2 rings (SSSR count). The molecule has 2 heterocycles. The molecular formula is C21H35N3. The molecule has 0 aromatic carbocycles. The zero-order chi connectivity index (χ0) is 18.2. The standard InChI is InChI=1S/C21H35N3/c1-16-11-21(8,15-22-13-16)20(6,7)10-9-19(4,5)17-12-18(2,3)14-23-24-17/h13-15H,9-12H2,1-8H3. The van der Waals surface area contributed by atoms with Gasteiger partial charge in [0.15, 0.2) is 0 Å². The Morgan fingerprint density at radius 3 is 2.25 bits per heavy atom. The number of rotatable bonds is 5. The monoisotopic (exact) mass is 329 g/mol. The van der Waals surface area contributed by atoms with E-state index >= 15 is 0 Å². The normalized spacial score (nSPS) is 27.0. The maximum absolute atomic E-state index is 4.50. The summed E-state index contributed by atoms with van der Waals surface area (Å²) in [5.74, 6) is 0. The molecule has 0 saturated heterocycles. The summed E-state index contributed by atoms with van der Waals surface area (Å²) in [5, 5.41) is 8.76. The molecule has 0 aliphatic carbocycles. The average Bonchev–Trinajstić information content (AvgIpc) is 2.44. The molecule has 2 aliphatic rings. The van der Waals surface area contributed by atoms with E-state index in [9.17, 15) is 0 Å². The lowest BCUT2D eigenvalue weighted by Crippen LogP contribution is -2.40. The van der Waals surface area contributed by atoms with Crippen LogP contribution in [0.3, 0.4) is 0 Å². The van der Waals surface area contributed by atoms with Gasteiger partial charge in [-0.05, 0) is 38.0 Å². The van der Waals surface area contributed by atoms with E-state index in [1.165, 1.54) is 11.3 Å². The largest absolute Gasteiger partial charge is 0.269 e. The Kier molecular flexibility index (Phi) is 4.96. The van der Waals surface area contributed by atoms with Crippen molar-refractivity contribution in [2.75, 3.05) is 0 Å². The molecule has 0 bridgehead atoms. The van der Waals surface area contributed by atoms with Crippen LogP contribution in [0.25, 0.3) is 0 Å². The van der Waals surface area contributed by atoms with Crippen molar-refractivity contribution in [2.24, 2.45) is 36.9 Å². The van der Waals surface area contributed by atoms with Gasteiger partial charge in [0, 0.05) is 40.6 Å². The van der Waals surface area contributed by atoms with Gasteiger partial charge in [0.05, 0.1) is 0 Å². The van der Waals surface area contributed by atoms with Crippen LogP contribution in [0, 0.1) is 21.7 Å². The Bertz CT molecular complexity index is 603. The van der Waals surface area contributed by atoms with E-state index in [1.54, 1.807) is 0 Å². The Morgan fingerprint density at radius 2 is 1.67 bits per heavy atom. The lowest BCUT2D eigenvalue weighted by molar-refractivity contribution is 0.138. The van der Waals surface area contributed by atoms with Crippen LogP contribution in [0.2, 0.25) is 0 Å². The van der Waals surface area contributed by atoms with E-state index in [2.05, 4.69) is 76.8 Å². The van der Waals surface area contributed by atoms with Gasteiger partial charge in [-0.2, -0.15) is 10.2 Å². The van der Waals surface area contributed by atoms with Gasteiger partial charge in [0.25, 0.3) is 0 Å². The minimum absolute atomic E-state index is 0.0827. The molecule has 0 fully saturated rings. The molecule has 24 heavy (non-hydrogen) atoms. The molecule has 134 valence electrons. The zero-order valence-corrected chi connectivity index (χ0v) is 16.9. The highest BCUT2D eigenvalue weighted by Gasteiger charge is 2.42. The van der Waals surface area contributed by atoms with Crippen LogP contribution in [0.4, 0.5) is 0 Å². The molecule has 0 spiro atoms. The van der Waals surface area contributed by atoms with Gasteiger partial charge in [-0.15, -0.1) is 0 Å². The predicted octanol–water partition coefficient (Wildman–Crippen LogP) is 6.06. The number of allylic oxidation sites excluding steroid dienone is 1. The molecule has 1 unspecified atom stereocenters. The molecule has 2 aliphatic heterocycles. The lowest BCUT2D eigenvalue weighted by Gasteiger charge is -2.45. The van der Waals surface area contributed by atoms with Gasteiger partial charge in [-0.3, -0.25) is 4.99 Å². The van der Waals surface area contributed by atoms with Gasteiger partial charge >= 0.3 is 0 Å². The third-order valence-corrected chi connectivity index (χ3v) is 6.21. The quantitative estimate of drug-likeness (QED) is 0.588. The van der Waals surface area contributed by atoms with Crippen molar-refractivity contribution < 1.29 is 0 Å². The fourth-order valence-electron chi connectivity index (χ4n) is 3.61. The van der Waals surface area contributed by atoms with E-state index in [4.69, 9.17) is 0 Å². The summed E-state index contributed by atoms with van der Waals surface area (Å²) in [4.78, 5) is 4.50. The Balaban J connectivity index is 2.08. The SMILES string of the molecule is CC1=CN=CC(C)(C(C)(C)CCC(C)(C)C2=NN=CC(C)(C)C2)C1. The number of nitrogens with zero attached hydrogens (tertiary/aromatic N) is 3. The molecule has 0 radical (unpaired) electrons. The van der Waals surface area contributed by atoms with E-state index in [0.717, 1.165) is 25.7 Å². The van der Waals surface area contributed by atoms with Crippen molar-refractivity contribution in [2.45, 2.75) is 81.1 Å². The molecule has 0 saturated carbocycles. The van der Waals surface area contributed by atoms with Crippen LogP contribution in [0.1, 0.15) is 81.1 Å². The third kappa shape index (κ3) is 4.04. The maximum atomic E-state index is 4.50. The number of aliphatic imine (C=N–C) groups is 1. The van der Waals surface area contributed by atoms with E-state index < -0.39 is 0 Å². The van der Waals surface area contributed by atoms with Crippen molar-refractivity contribution in [1.29, 1.82) is 0 Å². The molecule has 0 aromatic heterocycles. The number of hydrogen-bond donors (Lipinski definition) is 0. The van der Waals surface area contributed by atoms with Gasteiger partial charge in [0.1, 0.15) is 0 Å². The first-order chi connectivity index (χ1) is 10.9. The Morgan fingerprint density at radius 1 is 1.00 bits per heavy atom. The first kappa shape index (κ1) is 19.1. The fraction of sp³-hybridized carbons (Fsp3) is 0.762. The smallest absolute Gasteiger partial charge is 0.0470 e. The second kappa shape index (κ2) is 6.24. The minimum Gasteiger partial charge on any atom is -0.269 e. The van der Waals surface area contributed by atoms with Crippen molar-refractivity contribution in [3.63, 3.8) is 0 Å². The highest BCUT2D eigenvalue weighted by Crippen LogP contribution is 2.48. The lowest BCUT2D eigenvalue weighted by atomic mass is 9.60. The first-order valence-electron chi connectivity index (χ1n) is 9.19. The molecule has 0 aromatic rings. The average molecular weight is 330 g/mol. The molecule has 1 atom stereocenters. The molecule has 3 heteroatoms. The first-order valence-corrected chi connectivity index (χ1v) is 9.19. The molecule has 0 amide bonds. The predicted molar refractivity (Wildman–Crippen MR) is 106 cm³/mol. The van der Waals surface area contributed by atoms with Crippen molar-refractivity contribution in [1.82, 2.24) is 0 Å². The van der Waals surface area contributed by atoms with Gasteiger partial charge in [-0.25, -0.2) is 0 Å². The Labute approximate surface area is 148 Å². The summed E-state index contributed by atoms with van der Waals surface area (Å²) in [6.45, 7) is 18.4. The summed E-state index contributed by atoms with van der Waals surface area (Å²) in [6, 6.07) is 0. The maximum Gasteiger partial charge on any atom is 0.0470 e.